The predicted molar refractivity (Wildman–Crippen MR) is 78.8 cm³/mol. The Hall–Kier alpha value is -0.570. The van der Waals surface area contributed by atoms with Gasteiger partial charge in [-0.3, -0.25) is 0 Å². The molecule has 2 aliphatic rings. The fourth-order valence-electron chi connectivity index (χ4n) is 3.36. The smallest absolute Gasteiger partial charge is 0.0576 e. The molecule has 104 valence electrons. The summed E-state index contributed by atoms with van der Waals surface area (Å²) in [6.07, 6.45) is 6.64. The molecule has 1 aromatic carbocycles. The number of nitrogens with one attached hydrogen (secondary N) is 1. The summed E-state index contributed by atoms with van der Waals surface area (Å²) in [5, 5.41) is 4.33. The van der Waals surface area contributed by atoms with Crippen molar-refractivity contribution in [3.63, 3.8) is 0 Å². The largest absolute Gasteiger partial charge is 0.378 e. The van der Waals surface area contributed by atoms with Crippen molar-refractivity contribution in [3.05, 3.63) is 34.9 Å². The third-order valence-corrected chi connectivity index (χ3v) is 4.91. The fourth-order valence-corrected chi connectivity index (χ4v) is 3.70. The second-order valence-electron chi connectivity index (χ2n) is 5.89. The van der Waals surface area contributed by atoms with E-state index in [0.717, 1.165) is 24.7 Å². The summed E-state index contributed by atoms with van der Waals surface area (Å²) >= 11 is 6.37. The lowest BCUT2D eigenvalue weighted by atomic mass is 9.71. The van der Waals surface area contributed by atoms with Crippen molar-refractivity contribution >= 4 is 11.6 Å². The number of halogens is 1. The Morgan fingerprint density at radius 3 is 2.79 bits per heavy atom. The molecule has 2 heterocycles. The van der Waals surface area contributed by atoms with Crippen LogP contribution >= 0.6 is 11.6 Å². The highest BCUT2D eigenvalue weighted by molar-refractivity contribution is 6.31. The van der Waals surface area contributed by atoms with E-state index in [2.05, 4.69) is 17.4 Å². The Labute approximate surface area is 120 Å². The van der Waals surface area contributed by atoms with Gasteiger partial charge in [0.15, 0.2) is 0 Å². The highest BCUT2D eigenvalue weighted by Crippen LogP contribution is 2.38. The van der Waals surface area contributed by atoms with Crippen molar-refractivity contribution in [2.45, 2.75) is 43.6 Å². The van der Waals surface area contributed by atoms with Crippen LogP contribution in [0.2, 0.25) is 5.02 Å². The van der Waals surface area contributed by atoms with Gasteiger partial charge in [-0.25, -0.2) is 0 Å². The zero-order chi connectivity index (χ0) is 13.1. The first-order valence-corrected chi connectivity index (χ1v) is 7.75. The van der Waals surface area contributed by atoms with Crippen LogP contribution in [0, 0.1) is 0 Å². The zero-order valence-electron chi connectivity index (χ0n) is 11.3. The molecule has 1 aromatic rings. The van der Waals surface area contributed by atoms with E-state index in [0.29, 0.717) is 6.10 Å². The second-order valence-corrected chi connectivity index (χ2v) is 6.30. The lowest BCUT2D eigenvalue weighted by molar-refractivity contribution is 0.0981. The molecular weight excluding hydrogens is 258 g/mol. The first-order valence-electron chi connectivity index (χ1n) is 7.37. The molecule has 19 heavy (non-hydrogen) atoms. The average molecular weight is 280 g/mol. The van der Waals surface area contributed by atoms with Gasteiger partial charge in [0.05, 0.1) is 6.10 Å². The van der Waals surface area contributed by atoms with Crippen LogP contribution in [0.1, 0.15) is 37.7 Å². The van der Waals surface area contributed by atoms with Gasteiger partial charge in [-0.15, -0.1) is 0 Å². The van der Waals surface area contributed by atoms with E-state index in [4.69, 9.17) is 16.3 Å². The maximum absolute atomic E-state index is 6.37. The fraction of sp³-hybridized carbons (Fsp3) is 0.625. The zero-order valence-corrected chi connectivity index (χ0v) is 12.1. The molecule has 0 bridgehead atoms. The van der Waals surface area contributed by atoms with E-state index in [-0.39, 0.29) is 5.41 Å². The van der Waals surface area contributed by atoms with Gasteiger partial charge in [0, 0.05) is 30.1 Å². The first-order chi connectivity index (χ1) is 9.30. The maximum Gasteiger partial charge on any atom is 0.0576 e. The van der Waals surface area contributed by atoms with Crippen LogP contribution in [0.3, 0.4) is 0 Å². The summed E-state index contributed by atoms with van der Waals surface area (Å²) in [5.74, 6) is 0. The van der Waals surface area contributed by atoms with Crippen LogP contribution in [0.15, 0.2) is 24.3 Å². The van der Waals surface area contributed by atoms with Gasteiger partial charge in [-0.2, -0.15) is 0 Å². The standard InChI is InChI=1S/C16H22ClNO/c17-15-8-2-1-7-14(15)16(11-18-12-16)9-3-5-13-6-4-10-19-13/h1-2,7-8,13,18H,3-6,9-12H2. The normalized spacial score (nSPS) is 25.2. The summed E-state index contributed by atoms with van der Waals surface area (Å²) in [7, 11) is 0. The van der Waals surface area contributed by atoms with Crippen molar-refractivity contribution in [3.8, 4) is 0 Å². The highest BCUT2D eigenvalue weighted by atomic mass is 35.5. The van der Waals surface area contributed by atoms with Gasteiger partial charge in [0.1, 0.15) is 0 Å². The van der Waals surface area contributed by atoms with Gasteiger partial charge in [-0.1, -0.05) is 29.8 Å². The Kier molecular flexibility index (Phi) is 4.11. The van der Waals surface area contributed by atoms with E-state index >= 15 is 0 Å². The molecule has 2 nitrogen and oxygen atoms in total. The summed E-state index contributed by atoms with van der Waals surface area (Å²) in [6, 6.07) is 8.31. The molecule has 0 aromatic heterocycles. The predicted octanol–water partition coefficient (Wildman–Crippen LogP) is 3.53. The molecule has 3 heteroatoms. The quantitative estimate of drug-likeness (QED) is 0.890. The molecule has 1 atom stereocenters. The first kappa shape index (κ1) is 13.4. The summed E-state index contributed by atoms with van der Waals surface area (Å²) in [5.41, 5.74) is 1.58. The van der Waals surface area contributed by atoms with Gasteiger partial charge < -0.3 is 10.1 Å². The Bertz CT molecular complexity index is 425. The van der Waals surface area contributed by atoms with Gasteiger partial charge in [0.2, 0.25) is 0 Å². The summed E-state index contributed by atoms with van der Waals surface area (Å²) < 4.78 is 5.71. The molecule has 2 saturated heterocycles. The number of ether oxygens (including phenoxy) is 1. The Morgan fingerprint density at radius 2 is 2.16 bits per heavy atom. The lowest BCUT2D eigenvalue weighted by Gasteiger charge is -2.44. The van der Waals surface area contributed by atoms with Gasteiger partial charge >= 0.3 is 0 Å². The van der Waals surface area contributed by atoms with Crippen molar-refractivity contribution in [2.75, 3.05) is 19.7 Å². The van der Waals surface area contributed by atoms with E-state index in [9.17, 15) is 0 Å². The van der Waals surface area contributed by atoms with Crippen LogP contribution in [0.25, 0.3) is 0 Å². The van der Waals surface area contributed by atoms with Crippen molar-refractivity contribution in [1.29, 1.82) is 0 Å². The SMILES string of the molecule is Clc1ccccc1C1(CCCC2CCCO2)CNC1. The molecule has 2 fully saturated rings. The van der Waals surface area contributed by atoms with Crippen LogP contribution in [0.5, 0.6) is 0 Å². The Balaban J connectivity index is 1.61. The number of rotatable bonds is 5. The summed E-state index contributed by atoms with van der Waals surface area (Å²) in [4.78, 5) is 0. The molecule has 0 saturated carbocycles. The van der Waals surface area contributed by atoms with E-state index in [1.165, 1.54) is 37.7 Å². The molecule has 0 amide bonds. The minimum atomic E-state index is 0.261. The molecule has 3 rings (SSSR count). The van der Waals surface area contributed by atoms with Crippen LogP contribution in [-0.4, -0.2) is 25.8 Å². The minimum absolute atomic E-state index is 0.261. The Morgan fingerprint density at radius 1 is 1.32 bits per heavy atom. The van der Waals surface area contributed by atoms with Crippen LogP contribution < -0.4 is 5.32 Å². The molecule has 0 radical (unpaired) electrons. The maximum atomic E-state index is 6.37. The molecular formula is C16H22ClNO. The molecule has 0 aliphatic carbocycles. The average Bonchev–Trinajstić information content (AvgIpc) is 2.87. The van der Waals surface area contributed by atoms with E-state index < -0.39 is 0 Å². The molecule has 2 aliphatic heterocycles. The number of hydrogen-bond acceptors (Lipinski definition) is 2. The summed E-state index contributed by atoms with van der Waals surface area (Å²) in [6.45, 7) is 3.08. The van der Waals surface area contributed by atoms with E-state index in [1.807, 2.05) is 12.1 Å². The molecule has 0 spiro atoms. The lowest BCUT2D eigenvalue weighted by Crippen LogP contribution is -2.56. The van der Waals surface area contributed by atoms with Gasteiger partial charge in [-0.05, 0) is 43.7 Å². The number of hydrogen-bond donors (Lipinski definition) is 1. The van der Waals surface area contributed by atoms with Crippen molar-refractivity contribution in [1.82, 2.24) is 5.32 Å². The minimum Gasteiger partial charge on any atom is -0.378 e. The highest BCUT2D eigenvalue weighted by Gasteiger charge is 2.39. The van der Waals surface area contributed by atoms with Crippen molar-refractivity contribution < 1.29 is 4.74 Å². The monoisotopic (exact) mass is 279 g/mol. The molecule has 1 N–H and O–H groups in total. The molecule has 1 unspecified atom stereocenters. The van der Waals surface area contributed by atoms with Crippen molar-refractivity contribution in [2.24, 2.45) is 0 Å². The van der Waals surface area contributed by atoms with Crippen LogP contribution in [-0.2, 0) is 10.2 Å². The number of benzene rings is 1. The van der Waals surface area contributed by atoms with E-state index in [1.54, 1.807) is 0 Å². The van der Waals surface area contributed by atoms with Gasteiger partial charge in [0.25, 0.3) is 0 Å². The van der Waals surface area contributed by atoms with Crippen LogP contribution in [0.4, 0.5) is 0 Å². The third-order valence-electron chi connectivity index (χ3n) is 4.58. The second kappa shape index (κ2) is 5.82. The topological polar surface area (TPSA) is 21.3 Å². The third kappa shape index (κ3) is 2.81.